The van der Waals surface area contributed by atoms with Crippen LogP contribution in [-0.2, 0) is 20.4 Å². The molecule has 34 heavy (non-hydrogen) atoms. The van der Waals surface area contributed by atoms with E-state index < -0.39 is 23.9 Å². The summed E-state index contributed by atoms with van der Waals surface area (Å²) in [6, 6.07) is 0.762. The van der Waals surface area contributed by atoms with Crippen molar-refractivity contribution >= 4 is 17.8 Å². The second-order valence-corrected chi connectivity index (χ2v) is 9.69. The number of halogens is 3. The molecule has 190 valence electrons. The van der Waals surface area contributed by atoms with Gasteiger partial charge in [0.15, 0.2) is 11.6 Å². The second-order valence-electron chi connectivity index (χ2n) is 9.69. The van der Waals surface area contributed by atoms with Gasteiger partial charge >= 0.3 is 12.3 Å². The molecule has 2 N–H and O–H groups in total. The molecule has 12 heteroatoms. The largest absolute Gasteiger partial charge is 0.487 e. The van der Waals surface area contributed by atoms with Gasteiger partial charge in [-0.25, -0.2) is 9.78 Å². The zero-order valence-corrected chi connectivity index (χ0v) is 19.6. The summed E-state index contributed by atoms with van der Waals surface area (Å²) in [5.74, 6) is 0.357. The maximum Gasteiger partial charge on any atom is 0.418 e. The van der Waals surface area contributed by atoms with Gasteiger partial charge in [-0.05, 0) is 17.9 Å². The molecule has 2 atom stereocenters. The van der Waals surface area contributed by atoms with Crippen LogP contribution in [0.2, 0.25) is 0 Å². The average Bonchev–Trinajstić information content (AvgIpc) is 2.73. The number of piperazine rings is 1. The molecule has 0 radical (unpaired) electrons. The molecule has 1 fully saturated rings. The lowest BCUT2D eigenvalue weighted by atomic mass is 9.89. The lowest BCUT2D eigenvalue weighted by molar-refractivity contribution is -0.138. The molecule has 0 aliphatic carbocycles. The highest BCUT2D eigenvalue weighted by Crippen LogP contribution is 2.38. The predicted octanol–water partition coefficient (Wildman–Crippen LogP) is 2.82. The third-order valence-electron chi connectivity index (χ3n) is 5.59. The van der Waals surface area contributed by atoms with E-state index in [1.165, 1.54) is 0 Å². The second kappa shape index (κ2) is 10.2. The molecule has 3 heterocycles. The fraction of sp³-hybridized carbons (Fsp3) is 0.682. The van der Waals surface area contributed by atoms with Gasteiger partial charge in [-0.3, -0.25) is 4.79 Å². The number of carbonyl (C=O) groups is 2. The normalized spacial score (nSPS) is 19.1. The van der Waals surface area contributed by atoms with Crippen LogP contribution in [0.1, 0.15) is 39.2 Å². The average molecular weight is 489 g/mol. The van der Waals surface area contributed by atoms with E-state index in [4.69, 9.17) is 19.9 Å². The van der Waals surface area contributed by atoms with Crippen LogP contribution < -0.4 is 15.4 Å². The van der Waals surface area contributed by atoms with Crippen molar-refractivity contribution in [1.29, 1.82) is 0 Å². The minimum atomic E-state index is -4.49. The summed E-state index contributed by atoms with van der Waals surface area (Å²) in [6.07, 6.45) is -4.35. The highest BCUT2D eigenvalue weighted by Gasteiger charge is 2.38. The Morgan fingerprint density at radius 3 is 2.68 bits per heavy atom. The van der Waals surface area contributed by atoms with Crippen LogP contribution in [0.15, 0.2) is 12.3 Å². The van der Waals surface area contributed by atoms with Crippen LogP contribution in [0.5, 0.6) is 5.75 Å². The van der Waals surface area contributed by atoms with E-state index in [-0.39, 0.29) is 49.4 Å². The van der Waals surface area contributed by atoms with Crippen molar-refractivity contribution in [3.05, 3.63) is 17.8 Å². The minimum Gasteiger partial charge on any atom is -0.487 e. The van der Waals surface area contributed by atoms with Crippen molar-refractivity contribution in [2.75, 3.05) is 44.4 Å². The van der Waals surface area contributed by atoms with Gasteiger partial charge in [-0.1, -0.05) is 20.8 Å². The SMILES string of the molecule is CC(C)(C)C[C@@H](COCCC(=O)N1CCN2c3ncc(C(F)(F)F)cc3OC[C@@H]2C1)OC(N)=O. The van der Waals surface area contributed by atoms with E-state index in [2.05, 4.69) is 4.98 Å². The van der Waals surface area contributed by atoms with Crippen LogP contribution in [0.3, 0.4) is 0 Å². The van der Waals surface area contributed by atoms with Crippen molar-refractivity contribution in [3.63, 3.8) is 0 Å². The maximum atomic E-state index is 12.9. The first-order valence-corrected chi connectivity index (χ1v) is 11.1. The van der Waals surface area contributed by atoms with Crippen LogP contribution >= 0.6 is 0 Å². The topological polar surface area (TPSA) is 107 Å². The molecular formula is C22H31F3N4O5. The van der Waals surface area contributed by atoms with Crippen LogP contribution in [0.4, 0.5) is 23.8 Å². The number of carbonyl (C=O) groups excluding carboxylic acids is 2. The number of alkyl halides is 3. The monoisotopic (exact) mass is 488 g/mol. The van der Waals surface area contributed by atoms with Gasteiger partial charge in [0, 0.05) is 25.8 Å². The van der Waals surface area contributed by atoms with Crippen molar-refractivity contribution in [2.24, 2.45) is 11.1 Å². The zero-order valence-electron chi connectivity index (χ0n) is 19.6. The number of hydrogen-bond donors (Lipinski definition) is 1. The summed E-state index contributed by atoms with van der Waals surface area (Å²) in [4.78, 5) is 31.3. The van der Waals surface area contributed by atoms with E-state index in [1.54, 1.807) is 4.90 Å². The number of hydrogen-bond acceptors (Lipinski definition) is 7. The third kappa shape index (κ3) is 6.87. The maximum absolute atomic E-state index is 12.9. The Bertz CT molecular complexity index is 890. The number of aromatic nitrogens is 1. The third-order valence-corrected chi connectivity index (χ3v) is 5.59. The van der Waals surface area contributed by atoms with Crippen molar-refractivity contribution in [2.45, 2.75) is 51.9 Å². The van der Waals surface area contributed by atoms with Crippen LogP contribution in [0, 0.1) is 5.41 Å². The lowest BCUT2D eigenvalue weighted by Crippen LogP contribution is -2.58. The van der Waals surface area contributed by atoms with Gasteiger partial charge in [0.05, 0.1) is 31.2 Å². The highest BCUT2D eigenvalue weighted by molar-refractivity contribution is 5.77. The van der Waals surface area contributed by atoms with Crippen molar-refractivity contribution < 1.29 is 37.0 Å². The number of primary amides is 1. The van der Waals surface area contributed by atoms with E-state index in [0.717, 1.165) is 12.3 Å². The van der Waals surface area contributed by atoms with Gasteiger partial charge in [0.1, 0.15) is 12.7 Å². The van der Waals surface area contributed by atoms with Gasteiger partial charge in [0.2, 0.25) is 5.91 Å². The molecule has 9 nitrogen and oxygen atoms in total. The molecule has 0 spiro atoms. The Kier molecular flexibility index (Phi) is 7.79. The Balaban J connectivity index is 1.48. The number of fused-ring (bicyclic) bond motifs is 3. The number of nitrogens with zero attached hydrogens (tertiary/aromatic N) is 3. The summed E-state index contributed by atoms with van der Waals surface area (Å²) < 4.78 is 55.0. The molecule has 2 aliphatic heterocycles. The summed E-state index contributed by atoms with van der Waals surface area (Å²) in [5.41, 5.74) is 4.17. The predicted molar refractivity (Wildman–Crippen MR) is 116 cm³/mol. The molecule has 3 rings (SSSR count). The van der Waals surface area contributed by atoms with Gasteiger partial charge < -0.3 is 29.7 Å². The Morgan fingerprint density at radius 2 is 2.03 bits per heavy atom. The van der Waals surface area contributed by atoms with Gasteiger partial charge in [0.25, 0.3) is 0 Å². The first-order chi connectivity index (χ1) is 15.8. The molecule has 2 amide bonds. The lowest BCUT2D eigenvalue weighted by Gasteiger charge is -2.44. The van der Waals surface area contributed by atoms with Crippen LogP contribution in [-0.4, -0.2) is 73.5 Å². The molecule has 1 aromatic heterocycles. The number of rotatable bonds is 7. The molecule has 0 bridgehead atoms. The molecule has 1 aromatic rings. The molecule has 1 saturated heterocycles. The standard InChI is InChI=1S/C22H31F3N4O5/c1-21(2,3)9-16(34-20(26)31)13-32-7-4-18(30)28-5-6-29-15(11-28)12-33-17-8-14(22(23,24)25)10-27-19(17)29/h8,10,15-16H,4-7,9,11-13H2,1-3H3,(H2,26,31)/t15-,16-/m0/s1. The number of amides is 2. The van der Waals surface area contributed by atoms with Gasteiger partial charge in [-0.15, -0.1) is 0 Å². The van der Waals surface area contributed by atoms with Gasteiger partial charge in [-0.2, -0.15) is 13.2 Å². The summed E-state index contributed by atoms with van der Waals surface area (Å²) in [5, 5.41) is 0. The molecule has 0 aromatic carbocycles. The van der Waals surface area contributed by atoms with E-state index in [9.17, 15) is 22.8 Å². The number of anilines is 1. The minimum absolute atomic E-state index is 0.0944. The van der Waals surface area contributed by atoms with Crippen LogP contribution in [0.25, 0.3) is 0 Å². The summed E-state index contributed by atoms with van der Waals surface area (Å²) in [6.45, 7) is 7.70. The van der Waals surface area contributed by atoms with E-state index in [1.807, 2.05) is 25.7 Å². The van der Waals surface area contributed by atoms with Crippen molar-refractivity contribution in [1.82, 2.24) is 9.88 Å². The quantitative estimate of drug-likeness (QED) is 0.588. The fourth-order valence-electron chi connectivity index (χ4n) is 4.12. The first-order valence-electron chi connectivity index (χ1n) is 11.1. The summed E-state index contributed by atoms with van der Waals surface area (Å²) in [7, 11) is 0. The Morgan fingerprint density at radius 1 is 1.29 bits per heavy atom. The number of ether oxygens (including phenoxy) is 3. The van der Waals surface area contributed by atoms with Crippen molar-refractivity contribution in [3.8, 4) is 5.75 Å². The first kappa shape index (κ1) is 25.9. The molecule has 0 unspecified atom stereocenters. The Labute approximate surface area is 196 Å². The Hall–Kier alpha value is -2.76. The highest BCUT2D eigenvalue weighted by atomic mass is 19.4. The molecular weight excluding hydrogens is 457 g/mol. The molecule has 2 aliphatic rings. The number of nitrogens with two attached hydrogens (primary N) is 1. The smallest absolute Gasteiger partial charge is 0.418 e. The number of pyridine rings is 1. The van der Waals surface area contributed by atoms with E-state index in [0.29, 0.717) is 31.9 Å². The molecule has 0 saturated carbocycles. The van der Waals surface area contributed by atoms with E-state index >= 15 is 0 Å². The summed E-state index contributed by atoms with van der Waals surface area (Å²) >= 11 is 0. The zero-order chi connectivity index (χ0) is 25.1. The fourth-order valence-corrected chi connectivity index (χ4v) is 4.12.